The van der Waals surface area contributed by atoms with Crippen molar-refractivity contribution in [3.05, 3.63) is 0 Å². The van der Waals surface area contributed by atoms with Crippen molar-refractivity contribution in [1.82, 2.24) is 0 Å². The summed E-state index contributed by atoms with van der Waals surface area (Å²) < 4.78 is 0.122. The van der Waals surface area contributed by atoms with Crippen LogP contribution in [0.5, 0.6) is 0 Å². The molecular weight excluding hydrogens is 224 g/mol. The van der Waals surface area contributed by atoms with Gasteiger partial charge in [0.15, 0.2) is 0 Å². The van der Waals surface area contributed by atoms with Crippen molar-refractivity contribution in [2.75, 3.05) is 0 Å². The number of hydrogen-bond donors (Lipinski definition) is 0. The molecule has 0 heterocycles. The Bertz CT molecular complexity index is 76.2. The van der Waals surface area contributed by atoms with Gasteiger partial charge in [0.1, 0.15) is 0 Å². The summed E-state index contributed by atoms with van der Waals surface area (Å²) in [6.45, 7) is 0. The minimum Gasteiger partial charge on any atom is -0.198 e. The van der Waals surface area contributed by atoms with Crippen molar-refractivity contribution >= 4 is 34.2 Å². The standard InChI is InChI=1S/C4H5ClIN/c5-4(6)2-1-3-7/h4H,1-2H2. The normalized spacial score (nSPS) is 12.7. The fourth-order valence-electron chi connectivity index (χ4n) is 0.174. The van der Waals surface area contributed by atoms with Gasteiger partial charge < -0.3 is 0 Å². The maximum Gasteiger partial charge on any atom is 0.0860 e. The molecule has 0 aliphatic carbocycles. The molecule has 1 atom stereocenters. The molecule has 0 N–H and O–H groups in total. The lowest BCUT2D eigenvalue weighted by Crippen LogP contribution is -1.81. The van der Waals surface area contributed by atoms with Crippen LogP contribution in [0.2, 0.25) is 0 Å². The molecule has 0 aromatic rings. The fourth-order valence-corrected chi connectivity index (χ4v) is 0.594. The van der Waals surface area contributed by atoms with E-state index in [0.29, 0.717) is 6.42 Å². The average Bonchev–Trinajstić information content (AvgIpc) is 1.61. The van der Waals surface area contributed by atoms with Crippen molar-refractivity contribution < 1.29 is 0 Å². The van der Waals surface area contributed by atoms with Crippen molar-refractivity contribution in [1.29, 1.82) is 5.26 Å². The Morgan fingerprint density at radius 3 is 2.57 bits per heavy atom. The highest BCUT2D eigenvalue weighted by molar-refractivity contribution is 14.1. The number of rotatable bonds is 2. The van der Waals surface area contributed by atoms with Crippen LogP contribution in [0.3, 0.4) is 0 Å². The highest BCUT2D eigenvalue weighted by atomic mass is 127. The summed E-state index contributed by atoms with van der Waals surface area (Å²) >= 11 is 7.57. The van der Waals surface area contributed by atoms with Gasteiger partial charge >= 0.3 is 0 Å². The molecule has 0 saturated heterocycles. The smallest absolute Gasteiger partial charge is 0.0860 e. The third-order valence-corrected chi connectivity index (χ3v) is 1.32. The van der Waals surface area contributed by atoms with Crippen molar-refractivity contribution in [3.63, 3.8) is 0 Å². The molecule has 0 aliphatic rings. The lowest BCUT2D eigenvalue weighted by Gasteiger charge is -1.89. The third-order valence-electron chi connectivity index (χ3n) is 0.474. The van der Waals surface area contributed by atoms with Crippen LogP contribution in [0.4, 0.5) is 0 Å². The lowest BCUT2D eigenvalue weighted by atomic mass is 10.4. The number of alkyl halides is 2. The molecule has 7 heavy (non-hydrogen) atoms. The van der Waals surface area contributed by atoms with E-state index in [1.807, 2.05) is 6.07 Å². The summed E-state index contributed by atoms with van der Waals surface area (Å²) in [6.07, 6.45) is 1.36. The molecule has 0 aromatic carbocycles. The predicted molar refractivity (Wildman–Crippen MR) is 38.5 cm³/mol. The first kappa shape index (κ1) is 7.51. The minimum atomic E-state index is 0.122. The van der Waals surface area contributed by atoms with Crippen LogP contribution in [0.25, 0.3) is 0 Å². The summed E-state index contributed by atoms with van der Waals surface area (Å²) in [4.78, 5) is 0. The third kappa shape index (κ3) is 6.51. The second-order valence-corrected chi connectivity index (χ2v) is 3.85. The van der Waals surface area contributed by atoms with Crippen LogP contribution in [-0.2, 0) is 0 Å². The highest BCUT2D eigenvalue weighted by Gasteiger charge is 1.93. The van der Waals surface area contributed by atoms with Gasteiger partial charge in [0.2, 0.25) is 0 Å². The van der Waals surface area contributed by atoms with E-state index in [4.69, 9.17) is 16.9 Å². The largest absolute Gasteiger partial charge is 0.198 e. The molecule has 0 amide bonds. The first-order chi connectivity index (χ1) is 3.27. The molecule has 0 saturated carbocycles. The summed E-state index contributed by atoms with van der Waals surface area (Å²) in [6, 6.07) is 2.01. The van der Waals surface area contributed by atoms with Gasteiger partial charge in [0.25, 0.3) is 0 Å². The van der Waals surface area contributed by atoms with E-state index in [1.54, 1.807) is 0 Å². The molecule has 0 aliphatic heterocycles. The Hall–Kier alpha value is 0.510. The topological polar surface area (TPSA) is 23.8 Å². The first-order valence-electron chi connectivity index (χ1n) is 1.92. The molecular formula is C4H5ClIN. The van der Waals surface area contributed by atoms with E-state index < -0.39 is 0 Å². The maximum absolute atomic E-state index is 8.00. The Morgan fingerprint density at radius 1 is 1.86 bits per heavy atom. The lowest BCUT2D eigenvalue weighted by molar-refractivity contribution is 0.959. The second-order valence-electron chi connectivity index (χ2n) is 1.09. The molecule has 3 heteroatoms. The van der Waals surface area contributed by atoms with Crippen LogP contribution >= 0.6 is 34.2 Å². The van der Waals surface area contributed by atoms with E-state index in [0.717, 1.165) is 6.42 Å². The number of hydrogen-bond acceptors (Lipinski definition) is 1. The van der Waals surface area contributed by atoms with Crippen LogP contribution in [0.15, 0.2) is 0 Å². The number of nitrogens with zero attached hydrogens (tertiary/aromatic N) is 1. The molecule has 0 rings (SSSR count). The van der Waals surface area contributed by atoms with E-state index >= 15 is 0 Å². The van der Waals surface area contributed by atoms with Gasteiger partial charge in [-0.05, 0) is 6.42 Å². The summed E-state index contributed by atoms with van der Waals surface area (Å²) in [5.41, 5.74) is 0. The van der Waals surface area contributed by atoms with Crippen molar-refractivity contribution in [2.24, 2.45) is 0 Å². The van der Waals surface area contributed by atoms with Crippen LogP contribution in [0, 0.1) is 11.3 Å². The molecule has 1 unspecified atom stereocenters. The summed E-state index contributed by atoms with van der Waals surface area (Å²) in [5.74, 6) is 0. The molecule has 0 radical (unpaired) electrons. The summed E-state index contributed by atoms with van der Waals surface area (Å²) in [5, 5.41) is 8.00. The molecule has 0 bridgehead atoms. The van der Waals surface area contributed by atoms with Gasteiger partial charge in [0.05, 0.1) is 9.45 Å². The van der Waals surface area contributed by atoms with Gasteiger partial charge in [-0.1, -0.05) is 22.6 Å². The monoisotopic (exact) mass is 229 g/mol. The van der Waals surface area contributed by atoms with Gasteiger partial charge in [-0.2, -0.15) is 5.26 Å². The first-order valence-corrected chi connectivity index (χ1v) is 3.60. The van der Waals surface area contributed by atoms with Gasteiger partial charge in [0, 0.05) is 6.42 Å². The van der Waals surface area contributed by atoms with Crippen LogP contribution in [-0.4, -0.2) is 3.38 Å². The van der Waals surface area contributed by atoms with E-state index in [9.17, 15) is 0 Å². The van der Waals surface area contributed by atoms with Crippen LogP contribution < -0.4 is 0 Å². The van der Waals surface area contributed by atoms with Gasteiger partial charge in [-0.3, -0.25) is 0 Å². The van der Waals surface area contributed by atoms with E-state index in [1.165, 1.54) is 0 Å². The Balaban J connectivity index is 2.86. The minimum absolute atomic E-state index is 0.122. The van der Waals surface area contributed by atoms with Crippen LogP contribution in [0.1, 0.15) is 12.8 Å². The number of halogens is 2. The molecule has 0 spiro atoms. The zero-order valence-corrected chi connectivity index (χ0v) is 6.61. The molecule has 0 fully saturated rings. The van der Waals surface area contributed by atoms with Crippen molar-refractivity contribution in [2.45, 2.75) is 16.2 Å². The highest BCUT2D eigenvalue weighted by Crippen LogP contribution is 2.11. The van der Waals surface area contributed by atoms with Gasteiger partial charge in [-0.15, -0.1) is 11.6 Å². The van der Waals surface area contributed by atoms with Crippen molar-refractivity contribution in [3.8, 4) is 6.07 Å². The SMILES string of the molecule is N#CCCC(Cl)I. The Kier molecular flexibility index (Phi) is 5.00. The Morgan fingerprint density at radius 2 is 2.43 bits per heavy atom. The zero-order valence-electron chi connectivity index (χ0n) is 3.69. The number of nitriles is 1. The predicted octanol–water partition coefficient (Wildman–Crippen LogP) is 2.29. The van der Waals surface area contributed by atoms with E-state index in [2.05, 4.69) is 22.6 Å². The second kappa shape index (κ2) is 4.66. The molecule has 40 valence electrons. The quantitative estimate of drug-likeness (QED) is 0.526. The fraction of sp³-hybridized carbons (Fsp3) is 0.750. The average molecular weight is 229 g/mol. The summed E-state index contributed by atoms with van der Waals surface area (Å²) in [7, 11) is 0. The zero-order chi connectivity index (χ0) is 5.70. The maximum atomic E-state index is 8.00. The Labute approximate surface area is 61.8 Å². The van der Waals surface area contributed by atoms with E-state index in [-0.39, 0.29) is 3.38 Å². The molecule has 1 nitrogen and oxygen atoms in total. The molecule has 0 aromatic heterocycles. The van der Waals surface area contributed by atoms with Gasteiger partial charge in [-0.25, -0.2) is 0 Å².